The summed E-state index contributed by atoms with van der Waals surface area (Å²) in [7, 11) is 0. The number of piperidine rings is 1. The quantitative estimate of drug-likeness (QED) is 0.591. The van der Waals surface area contributed by atoms with Crippen molar-refractivity contribution in [2.24, 2.45) is 10.9 Å². The molecule has 0 aromatic rings. The number of aliphatic imine (C=N–C) groups is 1. The first-order valence-corrected chi connectivity index (χ1v) is 7.48. The minimum Gasteiger partial charge on any atom is -0.393 e. The van der Waals surface area contributed by atoms with Gasteiger partial charge in [0.1, 0.15) is 0 Å². The molecule has 0 aromatic heterocycles. The zero-order chi connectivity index (χ0) is 13.0. The van der Waals surface area contributed by atoms with Crippen molar-refractivity contribution in [1.29, 1.82) is 0 Å². The highest BCUT2D eigenvalue weighted by Crippen LogP contribution is 2.34. The molecule has 0 radical (unpaired) electrons. The standard InChI is InChI=1S/C14H27N3O/c1-3-5-11-10-13(11)16-14(15-4-2)17-8-6-12(18)7-9-17/h11-13,18H,3-10H2,1-2H3,(H,15,16). The number of hydrogen-bond donors (Lipinski definition) is 2. The Bertz CT molecular complexity index is 285. The lowest BCUT2D eigenvalue weighted by Crippen LogP contribution is -2.47. The van der Waals surface area contributed by atoms with Crippen molar-refractivity contribution >= 4 is 5.96 Å². The second kappa shape index (κ2) is 6.41. The average molecular weight is 253 g/mol. The Hall–Kier alpha value is -0.770. The Morgan fingerprint density at radius 3 is 2.67 bits per heavy atom. The van der Waals surface area contributed by atoms with Gasteiger partial charge in [-0.1, -0.05) is 13.3 Å². The molecule has 2 N–H and O–H groups in total. The highest BCUT2D eigenvalue weighted by Gasteiger charge is 2.37. The Labute approximate surface area is 110 Å². The number of rotatable bonds is 4. The van der Waals surface area contributed by atoms with Crippen LogP contribution in [0.25, 0.3) is 0 Å². The number of aliphatic hydroxyl groups is 1. The van der Waals surface area contributed by atoms with Crippen molar-refractivity contribution in [3.63, 3.8) is 0 Å². The van der Waals surface area contributed by atoms with Crippen LogP contribution in [0.15, 0.2) is 4.99 Å². The molecular formula is C14H27N3O. The molecule has 0 bridgehead atoms. The van der Waals surface area contributed by atoms with Gasteiger partial charge in [0.05, 0.1) is 6.10 Å². The summed E-state index contributed by atoms with van der Waals surface area (Å²) in [6.07, 6.45) is 5.53. The fourth-order valence-corrected chi connectivity index (χ4v) is 2.74. The third-order valence-electron chi connectivity index (χ3n) is 3.97. The van der Waals surface area contributed by atoms with Gasteiger partial charge in [0.25, 0.3) is 0 Å². The molecule has 2 atom stereocenters. The zero-order valence-electron chi connectivity index (χ0n) is 11.7. The predicted molar refractivity (Wildman–Crippen MR) is 74.7 cm³/mol. The van der Waals surface area contributed by atoms with Crippen molar-refractivity contribution in [3.05, 3.63) is 0 Å². The van der Waals surface area contributed by atoms with E-state index in [9.17, 15) is 5.11 Å². The molecule has 4 heteroatoms. The van der Waals surface area contributed by atoms with E-state index >= 15 is 0 Å². The molecule has 1 aliphatic carbocycles. The SMILES string of the molecule is CCCC1CC1NC(=NCC)N1CCC(O)CC1. The summed E-state index contributed by atoms with van der Waals surface area (Å²) in [6, 6.07) is 0.641. The lowest BCUT2D eigenvalue weighted by atomic mass is 10.1. The van der Waals surface area contributed by atoms with Crippen molar-refractivity contribution in [2.75, 3.05) is 19.6 Å². The number of hydrogen-bond acceptors (Lipinski definition) is 2. The van der Waals surface area contributed by atoms with E-state index < -0.39 is 0 Å². The van der Waals surface area contributed by atoms with E-state index in [4.69, 9.17) is 0 Å². The fourth-order valence-electron chi connectivity index (χ4n) is 2.74. The molecule has 0 aromatic carbocycles. The van der Waals surface area contributed by atoms with Crippen LogP contribution in [0.3, 0.4) is 0 Å². The van der Waals surface area contributed by atoms with E-state index in [1.807, 2.05) is 0 Å². The molecule has 1 heterocycles. The molecule has 4 nitrogen and oxygen atoms in total. The van der Waals surface area contributed by atoms with Crippen LogP contribution in [-0.4, -0.2) is 47.7 Å². The van der Waals surface area contributed by atoms with Gasteiger partial charge in [-0.05, 0) is 38.5 Å². The third-order valence-corrected chi connectivity index (χ3v) is 3.97. The maximum Gasteiger partial charge on any atom is 0.194 e. The van der Waals surface area contributed by atoms with Crippen LogP contribution in [0, 0.1) is 5.92 Å². The summed E-state index contributed by atoms with van der Waals surface area (Å²) in [5.74, 6) is 1.92. The number of guanidine groups is 1. The Morgan fingerprint density at radius 1 is 1.33 bits per heavy atom. The van der Waals surface area contributed by atoms with Crippen LogP contribution in [0.5, 0.6) is 0 Å². The Balaban J connectivity index is 1.83. The van der Waals surface area contributed by atoms with Crippen molar-refractivity contribution in [1.82, 2.24) is 10.2 Å². The number of nitrogens with one attached hydrogen (secondary N) is 1. The highest BCUT2D eigenvalue weighted by atomic mass is 16.3. The minimum atomic E-state index is -0.113. The fraction of sp³-hybridized carbons (Fsp3) is 0.929. The zero-order valence-corrected chi connectivity index (χ0v) is 11.7. The maximum atomic E-state index is 9.56. The summed E-state index contributed by atoms with van der Waals surface area (Å²) in [6.45, 7) is 7.02. The summed E-state index contributed by atoms with van der Waals surface area (Å²) in [5.41, 5.74) is 0. The summed E-state index contributed by atoms with van der Waals surface area (Å²) >= 11 is 0. The van der Waals surface area contributed by atoms with Crippen molar-refractivity contribution in [3.8, 4) is 0 Å². The van der Waals surface area contributed by atoms with Crippen LogP contribution in [0.1, 0.15) is 46.0 Å². The summed E-state index contributed by atoms with van der Waals surface area (Å²) < 4.78 is 0. The van der Waals surface area contributed by atoms with Gasteiger partial charge in [-0.3, -0.25) is 4.99 Å². The monoisotopic (exact) mass is 253 g/mol. The van der Waals surface area contributed by atoms with Crippen LogP contribution in [0.4, 0.5) is 0 Å². The minimum absolute atomic E-state index is 0.113. The molecule has 1 saturated carbocycles. The van der Waals surface area contributed by atoms with E-state index in [2.05, 4.69) is 29.1 Å². The van der Waals surface area contributed by atoms with Gasteiger partial charge in [-0.2, -0.15) is 0 Å². The van der Waals surface area contributed by atoms with E-state index in [0.29, 0.717) is 6.04 Å². The van der Waals surface area contributed by atoms with Gasteiger partial charge in [-0.25, -0.2) is 0 Å². The molecule has 2 aliphatic rings. The van der Waals surface area contributed by atoms with E-state index in [1.165, 1.54) is 19.3 Å². The lowest BCUT2D eigenvalue weighted by Gasteiger charge is -2.32. The molecule has 104 valence electrons. The van der Waals surface area contributed by atoms with Crippen LogP contribution < -0.4 is 5.32 Å². The Morgan fingerprint density at radius 2 is 2.06 bits per heavy atom. The molecule has 1 aliphatic heterocycles. The van der Waals surface area contributed by atoms with Gasteiger partial charge in [-0.15, -0.1) is 0 Å². The van der Waals surface area contributed by atoms with E-state index in [0.717, 1.165) is 44.4 Å². The van der Waals surface area contributed by atoms with Crippen LogP contribution >= 0.6 is 0 Å². The van der Waals surface area contributed by atoms with E-state index in [1.54, 1.807) is 0 Å². The Kier molecular flexibility index (Phi) is 4.87. The number of likely N-dealkylation sites (tertiary alicyclic amines) is 1. The number of nitrogens with zero attached hydrogens (tertiary/aromatic N) is 2. The van der Waals surface area contributed by atoms with Crippen molar-refractivity contribution in [2.45, 2.75) is 58.1 Å². The van der Waals surface area contributed by atoms with Crippen LogP contribution in [-0.2, 0) is 0 Å². The molecule has 2 rings (SSSR count). The lowest BCUT2D eigenvalue weighted by molar-refractivity contribution is 0.108. The molecule has 2 unspecified atom stereocenters. The van der Waals surface area contributed by atoms with Gasteiger partial charge in [0.2, 0.25) is 0 Å². The molecule has 2 fully saturated rings. The van der Waals surface area contributed by atoms with Gasteiger partial charge in [0, 0.05) is 25.7 Å². The summed E-state index contributed by atoms with van der Waals surface area (Å²) in [4.78, 5) is 6.90. The first-order valence-electron chi connectivity index (χ1n) is 7.48. The average Bonchev–Trinajstić information content (AvgIpc) is 3.08. The largest absolute Gasteiger partial charge is 0.393 e. The molecular weight excluding hydrogens is 226 g/mol. The van der Waals surface area contributed by atoms with Crippen LogP contribution in [0.2, 0.25) is 0 Å². The van der Waals surface area contributed by atoms with Gasteiger partial charge >= 0.3 is 0 Å². The normalized spacial score (nSPS) is 29.5. The highest BCUT2D eigenvalue weighted by molar-refractivity contribution is 5.80. The molecule has 1 saturated heterocycles. The van der Waals surface area contributed by atoms with E-state index in [-0.39, 0.29) is 6.10 Å². The number of aliphatic hydroxyl groups excluding tert-OH is 1. The third kappa shape index (κ3) is 3.61. The molecule has 0 amide bonds. The second-order valence-corrected chi connectivity index (χ2v) is 5.55. The van der Waals surface area contributed by atoms with Gasteiger partial charge in [0.15, 0.2) is 5.96 Å². The topological polar surface area (TPSA) is 47.9 Å². The smallest absolute Gasteiger partial charge is 0.194 e. The molecule has 0 spiro atoms. The predicted octanol–water partition coefficient (Wildman–Crippen LogP) is 1.60. The van der Waals surface area contributed by atoms with Gasteiger partial charge < -0.3 is 15.3 Å². The summed E-state index contributed by atoms with van der Waals surface area (Å²) in [5, 5.41) is 13.2. The van der Waals surface area contributed by atoms with Crippen molar-refractivity contribution < 1.29 is 5.11 Å². The first-order chi connectivity index (χ1) is 8.74. The second-order valence-electron chi connectivity index (χ2n) is 5.55. The molecule has 18 heavy (non-hydrogen) atoms. The maximum absolute atomic E-state index is 9.56. The first kappa shape index (κ1) is 13.7.